The number of rotatable bonds is 13. The van der Waals surface area contributed by atoms with E-state index in [-0.39, 0.29) is 29.6 Å². The topological polar surface area (TPSA) is 413 Å². The van der Waals surface area contributed by atoms with Crippen molar-refractivity contribution in [2.75, 3.05) is 39.6 Å². The maximum absolute atomic E-state index is 15.7. The summed E-state index contributed by atoms with van der Waals surface area (Å²) in [5, 5.41) is 163. The van der Waals surface area contributed by atoms with Crippen LogP contribution in [0.3, 0.4) is 0 Å². The third-order valence-corrected chi connectivity index (χ3v) is 22.5. The predicted molar refractivity (Wildman–Crippen MR) is 279 cm³/mol. The summed E-state index contributed by atoms with van der Waals surface area (Å²) in [5.41, 5.74) is -4.99. The lowest BCUT2D eigenvalue weighted by molar-refractivity contribution is -0.376. The van der Waals surface area contributed by atoms with Crippen LogP contribution >= 0.6 is 0 Å². The summed E-state index contributed by atoms with van der Waals surface area (Å²) >= 11 is 0. The van der Waals surface area contributed by atoms with Crippen LogP contribution in [0, 0.1) is 50.2 Å². The number of aliphatic hydroxyl groups excluding tert-OH is 14. The average molecular weight is 1190 g/mol. The zero-order chi connectivity index (χ0) is 60.5. The Morgan fingerprint density at radius 1 is 0.602 bits per heavy atom. The van der Waals surface area contributed by atoms with Crippen molar-refractivity contribution in [1.29, 1.82) is 0 Å². The van der Waals surface area contributed by atoms with Gasteiger partial charge in [-0.25, -0.2) is 0 Å². The molecule has 0 radical (unpaired) electrons. The Hall–Kier alpha value is -1.75. The quantitative estimate of drug-likeness (QED) is 0.0487. The number of ether oxygens (including phenoxy) is 10. The second-order valence-electron chi connectivity index (χ2n) is 27.9. The lowest BCUT2D eigenvalue weighted by Gasteiger charge is -2.72. The molecule has 476 valence electrons. The minimum Gasteiger partial charge on any atom is -0.432 e. The number of hydrogen-bond donors (Lipinski definition) is 15. The molecule has 5 heterocycles. The van der Waals surface area contributed by atoms with E-state index in [1.54, 1.807) is 0 Å². The summed E-state index contributed by atoms with van der Waals surface area (Å²) in [4.78, 5) is 15.7. The van der Waals surface area contributed by atoms with Gasteiger partial charge in [0, 0.05) is 5.41 Å². The molecular formula is C57H92O26. The average Bonchev–Trinajstić information content (AvgIpc) is 1.07. The maximum atomic E-state index is 15.7. The van der Waals surface area contributed by atoms with Gasteiger partial charge < -0.3 is 124 Å². The molecule has 9 fully saturated rings. The minimum atomic E-state index is -2.15. The molecule has 4 saturated carbocycles. The smallest absolute Gasteiger partial charge is 0.315 e. The van der Waals surface area contributed by atoms with Crippen molar-refractivity contribution in [3.8, 4) is 0 Å². The number of carbonyl (C=O) groups is 1. The molecule has 0 aromatic heterocycles. The highest BCUT2D eigenvalue weighted by molar-refractivity contribution is 5.79. The van der Waals surface area contributed by atoms with Crippen LogP contribution in [0.4, 0.5) is 0 Å². The summed E-state index contributed by atoms with van der Waals surface area (Å²) in [6.45, 7) is 10.9. The van der Waals surface area contributed by atoms with Gasteiger partial charge in [0.1, 0.15) is 85.0 Å². The third kappa shape index (κ3) is 10.5. The molecule has 26 heteroatoms. The lowest BCUT2D eigenvalue weighted by atomic mass is 9.33. The van der Waals surface area contributed by atoms with E-state index >= 15 is 4.79 Å². The van der Waals surface area contributed by atoms with Crippen LogP contribution in [0.25, 0.3) is 0 Å². The van der Waals surface area contributed by atoms with Crippen molar-refractivity contribution in [2.24, 2.45) is 50.2 Å². The van der Waals surface area contributed by atoms with E-state index in [2.05, 4.69) is 40.7 Å². The first-order chi connectivity index (χ1) is 38.9. The van der Waals surface area contributed by atoms with Crippen LogP contribution in [0.2, 0.25) is 0 Å². The van der Waals surface area contributed by atoms with Gasteiger partial charge in [0.15, 0.2) is 31.3 Å². The molecule has 0 spiro atoms. The fraction of sp³-hybridized carbons (Fsp3) is 0.947. The number of hydrogen-bond acceptors (Lipinski definition) is 26. The van der Waals surface area contributed by atoms with Gasteiger partial charge in [-0.1, -0.05) is 53.2 Å². The molecule has 31 atom stereocenters. The van der Waals surface area contributed by atoms with Crippen LogP contribution in [0.1, 0.15) is 106 Å². The Balaban J connectivity index is 0.924. The monoisotopic (exact) mass is 1190 g/mol. The highest BCUT2D eigenvalue weighted by Crippen LogP contribution is 2.76. The first kappa shape index (κ1) is 64.2. The van der Waals surface area contributed by atoms with Gasteiger partial charge in [-0.3, -0.25) is 4.79 Å². The van der Waals surface area contributed by atoms with Crippen molar-refractivity contribution in [3.63, 3.8) is 0 Å². The fourth-order valence-corrected chi connectivity index (χ4v) is 17.3. The van der Waals surface area contributed by atoms with Crippen molar-refractivity contribution in [1.82, 2.24) is 0 Å². The molecule has 0 amide bonds. The van der Waals surface area contributed by atoms with E-state index in [9.17, 15) is 76.6 Å². The van der Waals surface area contributed by atoms with Crippen molar-refractivity contribution in [3.05, 3.63) is 11.6 Å². The van der Waals surface area contributed by atoms with Gasteiger partial charge in [-0.15, -0.1) is 0 Å². The predicted octanol–water partition coefficient (Wildman–Crippen LogP) is -3.32. The standard InChI is InChI=1S/C57H92O26/c1-24-40(79-45-37(68)33(64)28(62)19-74-45)36(67)39(70)46(77-24)81-42-41(80-49-43(71)57(73,22-60)23-76-49)29(63)20-75-48(42)83-50(72)56-14-12-51(2,3)16-26(56)25-8-9-32-52(4)17-27(61)44(82-47-38(69)35(66)34(65)30(18-58)78-47)53(5,21-59)31(52)10-11-55(32,7)54(25,6)13-15-56/h8,24,26-49,58-71,73H,9-23H2,1-7H3/t24-,26-,27-,28-,29-,30+,31+,32+,33-,34+,35-,36-,37+,38+,39+,40-,41-,42+,43-,44-,45-,46-,47-,48-,49-,52-,53-,54+,55+,56-,57+/m0/s1. The van der Waals surface area contributed by atoms with Crippen molar-refractivity contribution in [2.45, 2.75) is 247 Å². The molecule has 5 aliphatic carbocycles. The molecule has 83 heavy (non-hydrogen) atoms. The molecule has 5 aliphatic heterocycles. The number of carbonyl (C=O) groups excluding carboxylic acids is 1. The van der Waals surface area contributed by atoms with Crippen LogP contribution in [-0.4, -0.2) is 263 Å². The first-order valence-corrected chi connectivity index (χ1v) is 29.6. The van der Waals surface area contributed by atoms with Crippen molar-refractivity contribution < 1.29 is 129 Å². The van der Waals surface area contributed by atoms with Crippen molar-refractivity contribution >= 4 is 5.97 Å². The van der Waals surface area contributed by atoms with E-state index in [4.69, 9.17) is 47.4 Å². The highest BCUT2D eigenvalue weighted by atomic mass is 16.8. The van der Waals surface area contributed by atoms with Gasteiger partial charge in [-0.05, 0) is 104 Å². The number of aliphatic hydroxyl groups is 15. The molecule has 0 bridgehead atoms. The fourth-order valence-electron chi connectivity index (χ4n) is 17.3. The Kier molecular flexibility index (Phi) is 18.0. The zero-order valence-electron chi connectivity index (χ0n) is 48.3. The van der Waals surface area contributed by atoms with E-state index < -0.39 is 214 Å². The normalized spacial score (nSPS) is 55.3. The van der Waals surface area contributed by atoms with Crippen LogP contribution in [0.5, 0.6) is 0 Å². The molecule has 0 aromatic rings. The second-order valence-corrected chi connectivity index (χ2v) is 27.9. The minimum absolute atomic E-state index is 0.0468. The Morgan fingerprint density at radius 3 is 1.90 bits per heavy atom. The number of esters is 1. The second kappa shape index (κ2) is 23.2. The molecule has 15 N–H and O–H groups in total. The number of fused-ring (bicyclic) bond motifs is 7. The molecule has 10 aliphatic rings. The van der Waals surface area contributed by atoms with Gasteiger partial charge in [0.25, 0.3) is 0 Å². The van der Waals surface area contributed by atoms with E-state index in [1.165, 1.54) is 6.92 Å². The molecule has 26 nitrogen and oxygen atoms in total. The molecule has 5 saturated heterocycles. The van der Waals surface area contributed by atoms with Crippen LogP contribution < -0.4 is 0 Å². The molecule has 0 unspecified atom stereocenters. The number of allylic oxidation sites excluding steroid dienone is 2. The Morgan fingerprint density at radius 2 is 1.23 bits per heavy atom. The molecule has 0 aromatic carbocycles. The summed E-state index contributed by atoms with van der Waals surface area (Å²) in [5.74, 6) is -1.26. The zero-order valence-corrected chi connectivity index (χ0v) is 48.3. The molecule has 10 rings (SSSR count). The summed E-state index contributed by atoms with van der Waals surface area (Å²) in [7, 11) is 0. The highest BCUT2D eigenvalue weighted by Gasteiger charge is 2.72. The van der Waals surface area contributed by atoms with Gasteiger partial charge in [0.05, 0.1) is 63.4 Å². The lowest BCUT2D eigenvalue weighted by Crippen LogP contribution is -2.69. The largest absolute Gasteiger partial charge is 0.432 e. The third-order valence-electron chi connectivity index (χ3n) is 22.5. The SMILES string of the molecule is C[C@@H]1O[C@@H](O[C@H]2[C@H](OC(=O)[C@]34CCC(C)(C)C[C@H]3C3=CC[C@@H]5[C@@]6(C)C[C@H](O)[C@H](O[C@@H]7O[C@H](CO)[C@@H](O)[C@H](O)[C@H]7O)[C@@](C)(CO)[C@@H]6CC[C@@]5(C)[C@]3(C)CC4)OC[C@H](O)[C@@H]2O[C@@H]2OC[C@](O)(CO)[C@H]2O)[C@H](O)[C@H](O)[C@H]1O[C@@H]1OC[C@H](O)[C@H](O)[C@H]1O. The van der Waals surface area contributed by atoms with E-state index in [1.807, 2.05) is 6.92 Å². The van der Waals surface area contributed by atoms with Gasteiger partial charge in [-0.2, -0.15) is 0 Å². The van der Waals surface area contributed by atoms with Crippen LogP contribution in [0.15, 0.2) is 11.6 Å². The summed E-state index contributed by atoms with van der Waals surface area (Å²) < 4.78 is 60.1. The van der Waals surface area contributed by atoms with E-state index in [0.29, 0.717) is 51.4 Å². The maximum Gasteiger partial charge on any atom is 0.315 e. The summed E-state index contributed by atoms with van der Waals surface area (Å²) in [6, 6.07) is 0. The van der Waals surface area contributed by atoms with Crippen LogP contribution in [-0.2, 0) is 52.2 Å². The van der Waals surface area contributed by atoms with Gasteiger partial charge >= 0.3 is 5.97 Å². The first-order valence-electron chi connectivity index (χ1n) is 29.6. The summed E-state index contributed by atoms with van der Waals surface area (Å²) in [6.07, 6.45) is -27.7. The van der Waals surface area contributed by atoms with E-state index in [0.717, 1.165) is 5.57 Å². The Bertz CT molecular complexity index is 2330. The molecular weight excluding hydrogens is 1100 g/mol. The Labute approximate surface area is 482 Å². The van der Waals surface area contributed by atoms with Gasteiger partial charge in [0.2, 0.25) is 6.29 Å².